The normalized spacial score (nSPS) is 12.8. The van der Waals surface area contributed by atoms with Crippen LogP contribution in [0.3, 0.4) is 0 Å². The number of fused-ring (bicyclic) bond motifs is 9. The maximum atomic E-state index is 4.25. The van der Waals surface area contributed by atoms with Crippen molar-refractivity contribution in [1.29, 1.82) is 0 Å². The molecule has 3 aliphatic carbocycles. The minimum Gasteiger partial charge on any atom is -0.341 e. The molecule has 6 aromatic carbocycles. The number of aryl methyl sites for hydroxylation is 6. The Labute approximate surface area is 507 Å². The number of rotatable bonds is 8. The lowest BCUT2D eigenvalue weighted by Gasteiger charge is -2.15. The molecule has 0 atom stereocenters. The average molecular weight is 1120 g/mol. The topological polar surface area (TPSA) is 27.1 Å². The van der Waals surface area contributed by atoms with Crippen molar-refractivity contribution in [2.24, 2.45) is 10.9 Å². The van der Waals surface area contributed by atoms with Gasteiger partial charge >= 0.3 is 0 Å². The van der Waals surface area contributed by atoms with Crippen molar-refractivity contribution >= 4 is 79.6 Å². The minimum atomic E-state index is 0.833. The maximum Gasteiger partial charge on any atom is 0.136 e. The first-order valence-electron chi connectivity index (χ1n) is 31.0. The Morgan fingerprint density at radius 2 is 1.02 bits per heavy atom. The highest BCUT2D eigenvalue weighted by Gasteiger charge is 2.20. The Balaban J connectivity index is 0.000000198. The van der Waals surface area contributed by atoms with Crippen LogP contribution in [0.15, 0.2) is 206 Å². The van der Waals surface area contributed by atoms with Crippen molar-refractivity contribution in [2.75, 3.05) is 0 Å². The minimum absolute atomic E-state index is 0.833. The van der Waals surface area contributed by atoms with Gasteiger partial charge in [0.1, 0.15) is 5.82 Å². The molecular formula is C80H98N4. The standard InChI is InChI=1S/C23H21N.C19H20N2.C14H15N.C14H16.C4H10.2C2H6.C2H4/c1-15(2)24-21-12-8-7-11-20(21)23-17(4)19(13-14-22(23)24)18-10-6-5-9-16(18)3;1-3-4-5-14-19(20-2)21-17-12-8-6-10-15(17)16-11-7-9-13-18(16)21;1-2-15-13-9-5-3-7-11(13)12-8-4-6-10-14(12)15;1-11-7-3-5-9-13(11)14-10-6-4-8-12(14)2;1-4(2)3;3*1-2/h5-14H,1H2,2-4H3;4-6,8-10,12-14H,2-3,7,11H2,1H3;3,5-7,9-10H,2,4,8H2,1H3;3-5,7-9H,6,10H2,1-2H3;4H,1-3H3;2*1-2H3;1-2H2/b;5-4-,19-14+;;;;;;. The molecular weight excluding hydrogens is 1020 g/mol. The van der Waals surface area contributed by atoms with Crippen LogP contribution in [0.1, 0.15) is 153 Å². The summed E-state index contributed by atoms with van der Waals surface area (Å²) in [6.07, 6.45) is 27.7. The van der Waals surface area contributed by atoms with E-state index in [0.29, 0.717) is 0 Å². The summed E-state index contributed by atoms with van der Waals surface area (Å²) in [5.74, 6) is 1.71. The molecule has 0 saturated heterocycles. The summed E-state index contributed by atoms with van der Waals surface area (Å²) >= 11 is 0. The van der Waals surface area contributed by atoms with Gasteiger partial charge in [0.05, 0.1) is 22.2 Å². The molecule has 0 amide bonds. The second-order valence-electron chi connectivity index (χ2n) is 21.4. The highest BCUT2D eigenvalue weighted by atomic mass is 15.1. The molecule has 12 rings (SSSR count). The Kier molecular flexibility index (Phi) is 26.8. The predicted octanol–water partition coefficient (Wildman–Crippen LogP) is 23.9. The van der Waals surface area contributed by atoms with E-state index in [1.54, 1.807) is 0 Å². The lowest BCUT2D eigenvalue weighted by molar-refractivity contribution is 0.737. The third-order valence-electron chi connectivity index (χ3n) is 14.9. The molecule has 0 saturated carbocycles. The van der Waals surface area contributed by atoms with Gasteiger partial charge in [0.25, 0.3) is 0 Å². The van der Waals surface area contributed by atoms with Gasteiger partial charge in [-0.1, -0.05) is 208 Å². The van der Waals surface area contributed by atoms with Gasteiger partial charge in [-0.2, -0.15) is 0 Å². The SMILES string of the molecule is C=C.C=C(C)n1c2ccccc2c2c(C)c(-c3ccccc3C)ccc21.C=N/C(=C\C=C/CC)n1c2c(c3ccccc31)CCC=C2.CC.CC.CC(C)C.CC1=C(c2ccccc2C)CCC=C1.CCn1c2c(c3ccccc31)CCC=C2. The van der Waals surface area contributed by atoms with Gasteiger partial charge in [-0.25, -0.2) is 4.99 Å². The van der Waals surface area contributed by atoms with Crippen molar-refractivity contribution in [1.82, 2.24) is 13.7 Å². The number of aromatic nitrogens is 3. The third kappa shape index (κ3) is 15.7. The number of aliphatic imine (C=N–C) groups is 1. The summed E-state index contributed by atoms with van der Waals surface area (Å²) in [4.78, 5) is 4.25. The summed E-state index contributed by atoms with van der Waals surface area (Å²) in [6, 6.07) is 47.6. The fourth-order valence-electron chi connectivity index (χ4n) is 11.4. The number of benzene rings is 6. The lowest BCUT2D eigenvalue weighted by atomic mass is 9.90. The summed E-state index contributed by atoms with van der Waals surface area (Å²) in [5, 5.41) is 5.39. The van der Waals surface area contributed by atoms with Crippen LogP contribution in [-0.4, -0.2) is 20.4 Å². The molecule has 3 heterocycles. The Morgan fingerprint density at radius 3 is 1.57 bits per heavy atom. The maximum absolute atomic E-state index is 4.25. The number of hydrogen-bond donors (Lipinski definition) is 0. The largest absolute Gasteiger partial charge is 0.341 e. The molecule has 0 N–H and O–H groups in total. The fourth-order valence-corrected chi connectivity index (χ4v) is 11.4. The Bertz CT molecular complexity index is 3790. The van der Waals surface area contributed by atoms with Crippen molar-refractivity contribution in [3.63, 3.8) is 0 Å². The first-order chi connectivity index (χ1) is 40.9. The fraction of sp³-hybridized carbons (Fsp3) is 0.287. The van der Waals surface area contributed by atoms with Crippen LogP contribution in [0.5, 0.6) is 0 Å². The summed E-state index contributed by atoms with van der Waals surface area (Å²) in [5.41, 5.74) is 22.7. The molecule has 3 aliphatic rings. The highest BCUT2D eigenvalue weighted by Crippen LogP contribution is 2.39. The van der Waals surface area contributed by atoms with Crippen molar-refractivity contribution in [3.8, 4) is 11.1 Å². The average Bonchev–Trinajstić information content (AvgIpc) is 2.14. The van der Waals surface area contributed by atoms with Crippen molar-refractivity contribution in [2.45, 2.75) is 148 Å². The molecule has 84 heavy (non-hydrogen) atoms. The summed E-state index contributed by atoms with van der Waals surface area (Å²) in [7, 11) is 0. The van der Waals surface area contributed by atoms with E-state index >= 15 is 0 Å². The number of nitrogens with zero attached hydrogens (tertiary/aromatic N) is 4. The van der Waals surface area contributed by atoms with Crippen LogP contribution in [0.4, 0.5) is 0 Å². The molecule has 0 spiro atoms. The predicted molar refractivity (Wildman–Crippen MR) is 379 cm³/mol. The second kappa shape index (κ2) is 33.8. The number of hydrogen-bond acceptors (Lipinski definition) is 1. The van der Waals surface area contributed by atoms with Gasteiger partial charge in [-0.15, -0.1) is 13.2 Å². The zero-order valence-electron chi connectivity index (χ0n) is 53.7. The van der Waals surface area contributed by atoms with E-state index in [-0.39, 0.29) is 0 Å². The Hall–Kier alpha value is -8.21. The van der Waals surface area contributed by atoms with Crippen LogP contribution < -0.4 is 0 Å². The summed E-state index contributed by atoms with van der Waals surface area (Å²) in [6.45, 7) is 44.7. The van der Waals surface area contributed by atoms with Crippen LogP contribution in [-0.2, 0) is 19.4 Å². The second-order valence-corrected chi connectivity index (χ2v) is 21.4. The molecule has 438 valence electrons. The quantitative estimate of drug-likeness (QED) is 0.0824. The molecule has 0 unspecified atom stereocenters. The smallest absolute Gasteiger partial charge is 0.136 e. The Morgan fingerprint density at radius 1 is 0.548 bits per heavy atom. The van der Waals surface area contributed by atoms with Gasteiger partial charge in [0, 0.05) is 45.0 Å². The van der Waals surface area contributed by atoms with E-state index in [1.165, 1.54) is 136 Å². The third-order valence-corrected chi connectivity index (χ3v) is 14.9. The molecule has 4 heteroatoms. The van der Waals surface area contributed by atoms with E-state index in [0.717, 1.165) is 43.2 Å². The van der Waals surface area contributed by atoms with Crippen LogP contribution >= 0.6 is 0 Å². The molecule has 3 aromatic heterocycles. The van der Waals surface area contributed by atoms with E-state index in [1.807, 2.05) is 33.8 Å². The van der Waals surface area contributed by atoms with Crippen molar-refractivity contribution in [3.05, 3.63) is 246 Å². The van der Waals surface area contributed by atoms with Crippen LogP contribution in [0.2, 0.25) is 0 Å². The van der Waals surface area contributed by atoms with E-state index in [9.17, 15) is 0 Å². The lowest BCUT2D eigenvalue weighted by Crippen LogP contribution is -2.00. The molecule has 4 nitrogen and oxygen atoms in total. The highest BCUT2D eigenvalue weighted by molar-refractivity contribution is 6.13. The molecule has 9 aromatic rings. The van der Waals surface area contributed by atoms with Gasteiger partial charge in [-0.3, -0.25) is 4.57 Å². The first kappa shape index (κ1) is 66.6. The van der Waals surface area contributed by atoms with Gasteiger partial charge < -0.3 is 9.13 Å². The number of allylic oxidation sites excluding steroid dienone is 10. The molecule has 0 aliphatic heterocycles. The van der Waals surface area contributed by atoms with Crippen molar-refractivity contribution < 1.29 is 0 Å². The molecule has 0 bridgehead atoms. The van der Waals surface area contributed by atoms with Gasteiger partial charge in [0.2, 0.25) is 0 Å². The van der Waals surface area contributed by atoms with Gasteiger partial charge in [-0.05, 0) is 197 Å². The van der Waals surface area contributed by atoms with Crippen LogP contribution in [0, 0.1) is 26.7 Å². The zero-order chi connectivity index (χ0) is 61.3. The van der Waals surface area contributed by atoms with E-state index in [4.69, 9.17) is 0 Å². The molecule has 0 fully saturated rings. The molecule has 0 radical (unpaired) electrons. The first-order valence-corrected chi connectivity index (χ1v) is 31.0. The van der Waals surface area contributed by atoms with Gasteiger partial charge in [0.15, 0.2) is 0 Å². The van der Waals surface area contributed by atoms with E-state index < -0.39 is 0 Å². The van der Waals surface area contributed by atoms with Crippen LogP contribution in [0.25, 0.3) is 84.0 Å². The summed E-state index contributed by atoms with van der Waals surface area (Å²) < 4.78 is 6.90. The number of para-hydroxylation sites is 3. The zero-order valence-corrected chi connectivity index (χ0v) is 53.7. The van der Waals surface area contributed by atoms with E-state index in [2.05, 4.69) is 296 Å². The monoisotopic (exact) mass is 1110 g/mol.